The fraction of sp³-hybridized carbons (Fsp3) is 0.500. The summed E-state index contributed by atoms with van der Waals surface area (Å²) in [7, 11) is 1.42. The molecule has 0 unspecified atom stereocenters. The summed E-state index contributed by atoms with van der Waals surface area (Å²) in [6, 6.07) is 8.56. The van der Waals surface area contributed by atoms with Crippen molar-refractivity contribution in [2.75, 3.05) is 13.7 Å². The van der Waals surface area contributed by atoms with Gasteiger partial charge in [0, 0.05) is 13.1 Å². The fourth-order valence-electron chi connectivity index (χ4n) is 2.00. The number of carbonyl (C=O) groups excluding carboxylic acids is 1. The Balaban J connectivity index is 1.80. The second-order valence-corrected chi connectivity index (χ2v) is 4.48. The van der Waals surface area contributed by atoms with Crippen LogP contribution in [0.3, 0.4) is 0 Å². The van der Waals surface area contributed by atoms with Gasteiger partial charge in [-0.3, -0.25) is 4.79 Å². The molecule has 0 radical (unpaired) electrons. The summed E-state index contributed by atoms with van der Waals surface area (Å²) in [6.45, 7) is 1.51. The Bertz CT molecular complexity index is 386. The van der Waals surface area contributed by atoms with E-state index in [-0.39, 0.29) is 5.97 Å². The summed E-state index contributed by atoms with van der Waals surface area (Å²) < 4.78 is 4.60. The Kier molecular flexibility index (Phi) is 4.15. The first kappa shape index (κ1) is 12.1. The van der Waals surface area contributed by atoms with Gasteiger partial charge in [-0.15, -0.1) is 0 Å². The van der Waals surface area contributed by atoms with Crippen molar-refractivity contribution in [3.63, 3.8) is 0 Å². The first-order chi connectivity index (χ1) is 8.31. The molecule has 1 N–H and O–H groups in total. The number of methoxy groups -OCH3 is 1. The van der Waals surface area contributed by atoms with Crippen LogP contribution in [-0.2, 0) is 16.1 Å². The van der Waals surface area contributed by atoms with Gasteiger partial charge in [0.2, 0.25) is 0 Å². The molecule has 1 saturated carbocycles. The van der Waals surface area contributed by atoms with Crippen LogP contribution >= 0.6 is 0 Å². The van der Waals surface area contributed by atoms with Crippen molar-refractivity contribution in [1.82, 2.24) is 5.32 Å². The quantitative estimate of drug-likeness (QED) is 0.605. The van der Waals surface area contributed by atoms with Crippen LogP contribution in [0.1, 0.15) is 36.3 Å². The number of esters is 1. The van der Waals surface area contributed by atoms with Crippen LogP contribution in [0.5, 0.6) is 0 Å². The molecule has 0 aliphatic heterocycles. The van der Waals surface area contributed by atoms with Gasteiger partial charge in [-0.1, -0.05) is 24.3 Å². The molecule has 1 aliphatic carbocycles. The molecule has 3 nitrogen and oxygen atoms in total. The molecule has 0 bridgehead atoms. The van der Waals surface area contributed by atoms with Gasteiger partial charge in [-0.25, -0.2) is 0 Å². The highest BCUT2D eigenvalue weighted by atomic mass is 16.5. The topological polar surface area (TPSA) is 38.3 Å². The third kappa shape index (κ3) is 3.56. The highest BCUT2D eigenvalue weighted by molar-refractivity contribution is 5.69. The SMILES string of the molecule is COC(=O)CCNCc1ccccc1C1CC1. The summed E-state index contributed by atoms with van der Waals surface area (Å²) >= 11 is 0. The number of carbonyl (C=O) groups is 1. The summed E-state index contributed by atoms with van der Waals surface area (Å²) in [5, 5.41) is 3.29. The van der Waals surface area contributed by atoms with E-state index in [0.29, 0.717) is 13.0 Å². The highest BCUT2D eigenvalue weighted by Gasteiger charge is 2.25. The van der Waals surface area contributed by atoms with Gasteiger partial charge in [-0.2, -0.15) is 0 Å². The van der Waals surface area contributed by atoms with Crippen LogP contribution in [0.25, 0.3) is 0 Å². The van der Waals surface area contributed by atoms with E-state index in [1.165, 1.54) is 31.1 Å². The van der Waals surface area contributed by atoms with Crippen molar-refractivity contribution < 1.29 is 9.53 Å². The number of ether oxygens (including phenoxy) is 1. The molecule has 0 aromatic heterocycles. The Labute approximate surface area is 102 Å². The van der Waals surface area contributed by atoms with Gasteiger partial charge >= 0.3 is 5.97 Å². The van der Waals surface area contributed by atoms with E-state index in [0.717, 1.165) is 12.5 Å². The fourth-order valence-corrected chi connectivity index (χ4v) is 2.00. The minimum Gasteiger partial charge on any atom is -0.469 e. The van der Waals surface area contributed by atoms with Crippen LogP contribution in [0.15, 0.2) is 24.3 Å². The highest BCUT2D eigenvalue weighted by Crippen LogP contribution is 2.41. The molecule has 1 aromatic rings. The monoisotopic (exact) mass is 233 g/mol. The first-order valence-electron chi connectivity index (χ1n) is 6.16. The van der Waals surface area contributed by atoms with Gasteiger partial charge in [0.1, 0.15) is 0 Å². The Hall–Kier alpha value is -1.35. The van der Waals surface area contributed by atoms with E-state index in [9.17, 15) is 4.79 Å². The van der Waals surface area contributed by atoms with E-state index in [4.69, 9.17) is 0 Å². The van der Waals surface area contributed by atoms with Crippen LogP contribution < -0.4 is 5.32 Å². The molecule has 1 fully saturated rings. The third-order valence-corrected chi connectivity index (χ3v) is 3.12. The zero-order chi connectivity index (χ0) is 12.1. The van der Waals surface area contributed by atoms with E-state index < -0.39 is 0 Å². The Morgan fingerprint density at radius 2 is 2.18 bits per heavy atom. The maximum absolute atomic E-state index is 10.9. The maximum atomic E-state index is 10.9. The zero-order valence-electron chi connectivity index (χ0n) is 10.2. The average Bonchev–Trinajstić information content (AvgIpc) is 3.19. The molecule has 1 aliphatic rings. The molecule has 2 rings (SSSR count). The molecule has 0 saturated heterocycles. The molecule has 3 heteroatoms. The molecule has 0 amide bonds. The first-order valence-corrected chi connectivity index (χ1v) is 6.16. The predicted octanol–water partition coefficient (Wildman–Crippen LogP) is 2.22. The largest absolute Gasteiger partial charge is 0.469 e. The lowest BCUT2D eigenvalue weighted by atomic mass is 10.0. The van der Waals surface area contributed by atoms with E-state index in [2.05, 4.69) is 34.3 Å². The van der Waals surface area contributed by atoms with Crippen LogP contribution in [0, 0.1) is 0 Å². The summed E-state index contributed by atoms with van der Waals surface area (Å²) in [5.74, 6) is 0.613. The van der Waals surface area contributed by atoms with Crippen molar-refractivity contribution in [3.8, 4) is 0 Å². The standard InChI is InChI=1S/C14H19NO2/c1-17-14(16)8-9-15-10-12-4-2-3-5-13(12)11-6-7-11/h2-5,11,15H,6-10H2,1H3. The average molecular weight is 233 g/mol. The van der Waals surface area contributed by atoms with Gasteiger partial charge in [0.15, 0.2) is 0 Å². The number of rotatable bonds is 6. The van der Waals surface area contributed by atoms with Crippen LogP contribution in [0.4, 0.5) is 0 Å². The normalized spacial score (nSPS) is 14.6. The number of hydrogen-bond donors (Lipinski definition) is 1. The van der Waals surface area contributed by atoms with Crippen molar-refractivity contribution in [3.05, 3.63) is 35.4 Å². The second kappa shape index (κ2) is 5.82. The minimum absolute atomic E-state index is 0.159. The van der Waals surface area contributed by atoms with Crippen molar-refractivity contribution in [2.24, 2.45) is 0 Å². The second-order valence-electron chi connectivity index (χ2n) is 4.48. The van der Waals surface area contributed by atoms with Gasteiger partial charge in [-0.05, 0) is 29.9 Å². The lowest BCUT2D eigenvalue weighted by Gasteiger charge is -2.09. The summed E-state index contributed by atoms with van der Waals surface area (Å²) in [4.78, 5) is 10.9. The van der Waals surface area contributed by atoms with Crippen molar-refractivity contribution >= 4 is 5.97 Å². The van der Waals surface area contributed by atoms with Gasteiger partial charge in [0.25, 0.3) is 0 Å². The summed E-state index contributed by atoms with van der Waals surface area (Å²) in [6.07, 6.45) is 3.07. The molecule has 1 aromatic carbocycles. The molecular weight excluding hydrogens is 214 g/mol. The van der Waals surface area contributed by atoms with Gasteiger partial charge in [0.05, 0.1) is 13.5 Å². The van der Waals surface area contributed by atoms with E-state index in [1.54, 1.807) is 0 Å². The van der Waals surface area contributed by atoms with Crippen molar-refractivity contribution in [1.29, 1.82) is 0 Å². The molecule has 92 valence electrons. The van der Waals surface area contributed by atoms with Crippen LogP contribution in [0.2, 0.25) is 0 Å². The van der Waals surface area contributed by atoms with Crippen LogP contribution in [-0.4, -0.2) is 19.6 Å². The minimum atomic E-state index is -0.159. The number of benzene rings is 1. The molecular formula is C14H19NO2. The van der Waals surface area contributed by atoms with E-state index in [1.807, 2.05) is 0 Å². The maximum Gasteiger partial charge on any atom is 0.306 e. The molecule has 0 heterocycles. The van der Waals surface area contributed by atoms with Gasteiger partial charge < -0.3 is 10.1 Å². The lowest BCUT2D eigenvalue weighted by molar-refractivity contribution is -0.140. The third-order valence-electron chi connectivity index (χ3n) is 3.12. The molecule has 0 atom stereocenters. The van der Waals surface area contributed by atoms with E-state index >= 15 is 0 Å². The summed E-state index contributed by atoms with van der Waals surface area (Å²) in [5.41, 5.74) is 2.83. The van der Waals surface area contributed by atoms with Crippen molar-refractivity contribution in [2.45, 2.75) is 31.7 Å². The Morgan fingerprint density at radius 1 is 1.41 bits per heavy atom. The zero-order valence-corrected chi connectivity index (χ0v) is 10.2. The lowest BCUT2D eigenvalue weighted by Crippen LogP contribution is -2.19. The number of nitrogens with one attached hydrogen (secondary N) is 1. The predicted molar refractivity (Wildman–Crippen MR) is 66.8 cm³/mol. The molecule has 17 heavy (non-hydrogen) atoms. The smallest absolute Gasteiger partial charge is 0.306 e. The number of hydrogen-bond acceptors (Lipinski definition) is 3. The Morgan fingerprint density at radius 3 is 2.88 bits per heavy atom. The molecule has 0 spiro atoms.